The first-order valence-electron chi connectivity index (χ1n) is 15.8. The van der Waals surface area contributed by atoms with Crippen LogP contribution in [0, 0.1) is 0 Å². The van der Waals surface area contributed by atoms with Gasteiger partial charge in [0.25, 0.3) is 0 Å². The van der Waals surface area contributed by atoms with Crippen LogP contribution < -0.4 is 0 Å². The summed E-state index contributed by atoms with van der Waals surface area (Å²) in [5.74, 6) is -0.139. The number of ether oxygens (including phenoxy) is 5. The Balaban J connectivity index is 1.64. The summed E-state index contributed by atoms with van der Waals surface area (Å²) in [7, 11) is 1.42. The van der Waals surface area contributed by atoms with Crippen molar-refractivity contribution in [2.45, 2.75) is 138 Å². The Hall–Kier alpha value is -1.49. The maximum absolute atomic E-state index is 11.1. The van der Waals surface area contributed by atoms with Crippen LogP contribution in [0.25, 0.3) is 0 Å². The largest absolute Gasteiger partial charge is 0.469 e. The number of methoxy groups -OCH3 is 1. The van der Waals surface area contributed by atoms with Crippen LogP contribution in [0.3, 0.4) is 0 Å². The average Bonchev–Trinajstić information content (AvgIpc) is 3.03. The van der Waals surface area contributed by atoms with E-state index in [1.54, 1.807) is 0 Å². The zero-order chi connectivity index (χ0) is 32.3. The Kier molecular flexibility index (Phi) is 19.4. The molecule has 2 heterocycles. The van der Waals surface area contributed by atoms with Crippen LogP contribution in [-0.4, -0.2) is 130 Å². The molecule has 0 aliphatic carbocycles. The minimum absolute atomic E-state index is 0.139. The summed E-state index contributed by atoms with van der Waals surface area (Å²) >= 11 is 0. The van der Waals surface area contributed by atoms with Crippen molar-refractivity contribution in [2.75, 3.05) is 26.9 Å². The fraction of sp³-hybridized carbons (Fsp3) is 0.839. The van der Waals surface area contributed by atoms with E-state index in [-0.39, 0.29) is 12.6 Å². The van der Waals surface area contributed by atoms with Gasteiger partial charge in [-0.15, -0.1) is 0 Å². The third-order valence-corrected chi connectivity index (χ3v) is 7.85. The number of hydrogen-bond acceptors (Lipinski definition) is 13. The molecule has 44 heavy (non-hydrogen) atoms. The molecule has 0 amide bonds. The monoisotopic (exact) mass is 634 g/mol. The third kappa shape index (κ3) is 13.1. The topological polar surface area (TPSA) is 205 Å². The van der Waals surface area contributed by atoms with Crippen molar-refractivity contribution in [3.63, 3.8) is 0 Å². The number of esters is 1. The molecule has 0 aromatic rings. The van der Waals surface area contributed by atoms with E-state index in [4.69, 9.17) is 18.9 Å². The molecule has 0 radical (unpaired) electrons. The predicted molar refractivity (Wildman–Crippen MR) is 158 cm³/mol. The fourth-order valence-corrected chi connectivity index (χ4v) is 5.08. The number of unbranched alkanes of at least 4 members (excludes halogenated alkanes) is 8. The standard InChI is InChI=1S/C31H54O13/c1-40-23(34)17-15-13-11-9-7-5-3-2-4-6-8-10-12-14-16-18-41-31-29(27(38)25(36)22(20-33)43-31)44-30-28(39)26(37)24(35)21(19-32)42-30/h2-3,6,8,21-22,24-33,35-39H,4-5,7,9-20H2,1H3/b3-2-,8-6-/t21-,22-,24-,25-,26+,27+,28-,29-,30+,31-/m1/s1. The van der Waals surface area contributed by atoms with Crippen LogP contribution in [0.2, 0.25) is 0 Å². The molecule has 2 saturated heterocycles. The van der Waals surface area contributed by atoms with Crippen molar-refractivity contribution < 1.29 is 64.2 Å². The van der Waals surface area contributed by atoms with Gasteiger partial charge in [0.15, 0.2) is 12.6 Å². The molecule has 2 aliphatic heterocycles. The number of hydrogen-bond donors (Lipinski definition) is 7. The fourth-order valence-electron chi connectivity index (χ4n) is 5.08. The smallest absolute Gasteiger partial charge is 0.305 e. The number of carbonyl (C=O) groups excluding carboxylic acids is 1. The Labute approximate surface area is 260 Å². The van der Waals surface area contributed by atoms with E-state index in [1.807, 2.05) is 0 Å². The van der Waals surface area contributed by atoms with Gasteiger partial charge in [0, 0.05) is 13.0 Å². The summed E-state index contributed by atoms with van der Waals surface area (Å²) in [6, 6.07) is 0. The maximum Gasteiger partial charge on any atom is 0.305 e. The van der Waals surface area contributed by atoms with Crippen LogP contribution in [0.4, 0.5) is 0 Å². The summed E-state index contributed by atoms with van der Waals surface area (Å²) in [5.41, 5.74) is 0. The number of allylic oxidation sites excluding steroid dienone is 4. The molecule has 0 aromatic heterocycles. The first-order valence-corrected chi connectivity index (χ1v) is 15.8. The molecule has 0 spiro atoms. The van der Waals surface area contributed by atoms with Crippen LogP contribution in [0.5, 0.6) is 0 Å². The molecular weight excluding hydrogens is 580 g/mol. The van der Waals surface area contributed by atoms with Crippen molar-refractivity contribution >= 4 is 5.97 Å². The van der Waals surface area contributed by atoms with Gasteiger partial charge in [-0.05, 0) is 44.9 Å². The van der Waals surface area contributed by atoms with Gasteiger partial charge in [0.2, 0.25) is 0 Å². The highest BCUT2D eigenvalue weighted by Crippen LogP contribution is 2.29. The van der Waals surface area contributed by atoms with Gasteiger partial charge in [-0.3, -0.25) is 4.79 Å². The van der Waals surface area contributed by atoms with Crippen LogP contribution >= 0.6 is 0 Å². The zero-order valence-electron chi connectivity index (χ0n) is 25.8. The molecule has 0 unspecified atom stereocenters. The summed E-state index contributed by atoms with van der Waals surface area (Å²) in [4.78, 5) is 11.1. The van der Waals surface area contributed by atoms with Crippen molar-refractivity contribution in [2.24, 2.45) is 0 Å². The van der Waals surface area contributed by atoms with Crippen molar-refractivity contribution in [3.8, 4) is 0 Å². The maximum atomic E-state index is 11.1. The van der Waals surface area contributed by atoms with Crippen LogP contribution in [-0.2, 0) is 28.5 Å². The summed E-state index contributed by atoms with van der Waals surface area (Å²) in [5, 5.41) is 70.3. The molecule has 2 rings (SSSR count). The molecule has 13 heteroatoms. The van der Waals surface area contributed by atoms with Crippen LogP contribution in [0.15, 0.2) is 24.3 Å². The second-order valence-corrected chi connectivity index (χ2v) is 11.3. The zero-order valence-corrected chi connectivity index (χ0v) is 25.8. The van der Waals surface area contributed by atoms with Gasteiger partial charge in [0.05, 0.1) is 20.3 Å². The van der Waals surface area contributed by atoms with E-state index in [9.17, 15) is 40.5 Å². The lowest BCUT2D eigenvalue weighted by atomic mass is 9.97. The second-order valence-electron chi connectivity index (χ2n) is 11.3. The molecule has 10 atom stereocenters. The molecule has 256 valence electrons. The molecule has 0 bridgehead atoms. The van der Waals surface area contributed by atoms with Gasteiger partial charge < -0.3 is 59.4 Å². The third-order valence-electron chi connectivity index (χ3n) is 7.85. The van der Waals surface area contributed by atoms with Crippen molar-refractivity contribution in [1.82, 2.24) is 0 Å². The number of rotatable bonds is 21. The first kappa shape index (κ1) is 38.7. The molecule has 13 nitrogen and oxygen atoms in total. The Bertz CT molecular complexity index is 822. The van der Waals surface area contributed by atoms with Gasteiger partial charge in [-0.2, -0.15) is 0 Å². The van der Waals surface area contributed by atoms with Crippen molar-refractivity contribution in [1.29, 1.82) is 0 Å². The SMILES string of the molecule is COC(=O)CCCCCCC/C=C\C/C=C\CCCCCO[C@@H]1O[C@H](CO)[C@@H](O)[C@H](O)[C@H]1O[C@@H]1O[C@H](CO)[C@@H](O)[C@H](O)[C@H]1O. The summed E-state index contributed by atoms with van der Waals surface area (Å²) in [6.45, 7) is -0.998. The average molecular weight is 635 g/mol. The highest BCUT2D eigenvalue weighted by atomic mass is 16.8. The Morgan fingerprint density at radius 1 is 0.659 bits per heavy atom. The van der Waals surface area contributed by atoms with Gasteiger partial charge in [-0.1, -0.05) is 50.0 Å². The highest BCUT2D eigenvalue weighted by molar-refractivity contribution is 5.68. The quantitative estimate of drug-likeness (QED) is 0.0525. The summed E-state index contributed by atoms with van der Waals surface area (Å²) in [6.07, 6.45) is 5.30. The van der Waals surface area contributed by atoms with E-state index < -0.39 is 74.6 Å². The highest BCUT2D eigenvalue weighted by Gasteiger charge is 2.50. The van der Waals surface area contributed by atoms with Crippen LogP contribution in [0.1, 0.15) is 77.0 Å². The molecule has 7 N–H and O–H groups in total. The van der Waals surface area contributed by atoms with Crippen molar-refractivity contribution in [3.05, 3.63) is 24.3 Å². The van der Waals surface area contributed by atoms with Gasteiger partial charge in [-0.25, -0.2) is 0 Å². The second kappa shape index (κ2) is 22.1. The number of aliphatic hydroxyl groups excluding tert-OH is 7. The van der Waals surface area contributed by atoms with E-state index in [1.165, 1.54) is 7.11 Å². The lowest BCUT2D eigenvalue weighted by Gasteiger charge is -2.45. The van der Waals surface area contributed by atoms with E-state index >= 15 is 0 Å². The van der Waals surface area contributed by atoms with E-state index in [0.29, 0.717) is 12.8 Å². The van der Waals surface area contributed by atoms with E-state index in [0.717, 1.165) is 64.2 Å². The number of carbonyl (C=O) groups is 1. The lowest BCUT2D eigenvalue weighted by Crippen LogP contribution is -2.64. The minimum atomic E-state index is -1.71. The lowest BCUT2D eigenvalue weighted by molar-refractivity contribution is -0.367. The normalized spacial score (nSPS) is 32.9. The van der Waals surface area contributed by atoms with Gasteiger partial charge >= 0.3 is 5.97 Å². The number of aliphatic hydroxyl groups is 7. The molecule has 0 saturated carbocycles. The molecule has 2 aliphatic rings. The van der Waals surface area contributed by atoms with Gasteiger partial charge in [0.1, 0.15) is 48.8 Å². The first-order chi connectivity index (χ1) is 21.2. The molecule has 2 fully saturated rings. The predicted octanol–water partition coefficient (Wildman–Crippen LogP) is 0.594. The molecule has 0 aromatic carbocycles. The Morgan fingerprint density at radius 2 is 1.20 bits per heavy atom. The van der Waals surface area contributed by atoms with E-state index in [2.05, 4.69) is 29.0 Å². The minimum Gasteiger partial charge on any atom is -0.469 e. The Morgan fingerprint density at radius 3 is 1.82 bits per heavy atom. The summed E-state index contributed by atoms with van der Waals surface area (Å²) < 4.78 is 27.0. The molecular formula is C31H54O13.